The largest absolute Gasteiger partial charge is 0.322 e. The zero-order chi connectivity index (χ0) is 24.8. The lowest BCUT2D eigenvalue weighted by molar-refractivity contribution is 0.101. The molecule has 4 aromatic rings. The molecular weight excluding hydrogens is 450 g/mol. The topological polar surface area (TPSA) is 46.2 Å². The monoisotopic (exact) mass is 479 g/mol. The van der Waals surface area contributed by atoms with Crippen LogP contribution in [0.4, 0.5) is 5.69 Å². The summed E-state index contributed by atoms with van der Waals surface area (Å²) in [6.45, 7) is 6.44. The Kier molecular flexibility index (Phi) is 7.52. The van der Waals surface area contributed by atoms with Gasteiger partial charge >= 0.3 is 0 Å². The van der Waals surface area contributed by atoms with Crippen molar-refractivity contribution in [2.24, 2.45) is 0 Å². The summed E-state index contributed by atoms with van der Waals surface area (Å²) in [5.74, 6) is 0.518. The molecule has 176 valence electrons. The molecule has 0 bridgehead atoms. The molecule has 1 amide bonds. The van der Waals surface area contributed by atoms with Crippen LogP contribution >= 0.6 is 11.8 Å². The van der Waals surface area contributed by atoms with E-state index in [1.54, 1.807) is 36.0 Å². The molecule has 0 saturated carbocycles. The highest BCUT2D eigenvalue weighted by Crippen LogP contribution is 2.27. The number of carbonyl (C=O) groups is 2. The highest BCUT2D eigenvalue weighted by atomic mass is 32.2. The number of rotatable bonds is 7. The van der Waals surface area contributed by atoms with Crippen LogP contribution in [0.2, 0.25) is 0 Å². The van der Waals surface area contributed by atoms with Crippen LogP contribution < -0.4 is 5.32 Å². The predicted octanol–water partition coefficient (Wildman–Crippen LogP) is 7.76. The Morgan fingerprint density at radius 3 is 2.14 bits per heavy atom. The lowest BCUT2D eigenvalue weighted by Gasteiger charge is -2.19. The van der Waals surface area contributed by atoms with Gasteiger partial charge in [-0.3, -0.25) is 9.59 Å². The highest BCUT2D eigenvalue weighted by molar-refractivity contribution is 7.98. The van der Waals surface area contributed by atoms with Crippen molar-refractivity contribution in [1.82, 2.24) is 0 Å². The molecule has 0 aromatic heterocycles. The van der Waals surface area contributed by atoms with E-state index in [1.165, 1.54) is 11.1 Å². The molecular formula is C31H29NO2S. The summed E-state index contributed by atoms with van der Waals surface area (Å²) < 4.78 is 0. The van der Waals surface area contributed by atoms with E-state index in [0.29, 0.717) is 22.4 Å². The molecule has 0 aliphatic carbocycles. The van der Waals surface area contributed by atoms with Crippen molar-refractivity contribution in [3.8, 4) is 0 Å². The molecule has 4 rings (SSSR count). The van der Waals surface area contributed by atoms with Gasteiger partial charge in [0, 0.05) is 27.5 Å². The van der Waals surface area contributed by atoms with Crippen molar-refractivity contribution < 1.29 is 9.59 Å². The lowest BCUT2D eigenvalue weighted by atomic mass is 9.86. The molecule has 1 N–H and O–H groups in total. The fourth-order valence-electron chi connectivity index (χ4n) is 3.74. The Morgan fingerprint density at radius 1 is 0.743 bits per heavy atom. The zero-order valence-corrected chi connectivity index (χ0v) is 21.1. The second-order valence-electron chi connectivity index (χ2n) is 9.46. The number of nitrogens with one attached hydrogen (secondary N) is 1. The SMILES string of the molecule is CC(C)(C)c1ccc(C(=O)c2cccc(NC(=O)c3ccccc3SCc3ccccc3)c2)cc1. The Hall–Kier alpha value is -3.63. The Bertz CT molecular complexity index is 1320. The van der Waals surface area contributed by atoms with Crippen LogP contribution in [0.25, 0.3) is 0 Å². The summed E-state index contributed by atoms with van der Waals surface area (Å²) in [4.78, 5) is 27.1. The Balaban J connectivity index is 1.48. The van der Waals surface area contributed by atoms with Gasteiger partial charge in [0.05, 0.1) is 5.56 Å². The third-order valence-electron chi connectivity index (χ3n) is 5.76. The van der Waals surface area contributed by atoms with Gasteiger partial charge < -0.3 is 5.32 Å². The van der Waals surface area contributed by atoms with Crippen LogP contribution in [0.5, 0.6) is 0 Å². The molecule has 0 aliphatic heterocycles. The highest BCUT2D eigenvalue weighted by Gasteiger charge is 2.16. The average Bonchev–Trinajstić information content (AvgIpc) is 2.87. The third-order valence-corrected chi connectivity index (χ3v) is 6.91. The number of carbonyl (C=O) groups excluding carboxylic acids is 2. The minimum atomic E-state index is -0.194. The summed E-state index contributed by atoms with van der Waals surface area (Å²) in [6.07, 6.45) is 0. The average molecular weight is 480 g/mol. The van der Waals surface area contributed by atoms with Gasteiger partial charge in [0.25, 0.3) is 5.91 Å². The molecule has 0 saturated heterocycles. The fraction of sp³-hybridized carbons (Fsp3) is 0.161. The van der Waals surface area contributed by atoms with Gasteiger partial charge in [-0.1, -0.05) is 99.6 Å². The van der Waals surface area contributed by atoms with Gasteiger partial charge in [-0.2, -0.15) is 0 Å². The van der Waals surface area contributed by atoms with E-state index >= 15 is 0 Å². The Labute approximate surface area is 211 Å². The lowest BCUT2D eigenvalue weighted by Crippen LogP contribution is -2.14. The summed E-state index contributed by atoms with van der Waals surface area (Å²) in [6, 6.07) is 32.6. The van der Waals surface area contributed by atoms with Crippen LogP contribution in [0.3, 0.4) is 0 Å². The molecule has 3 nitrogen and oxygen atoms in total. The molecule has 0 fully saturated rings. The maximum Gasteiger partial charge on any atom is 0.256 e. The van der Waals surface area contributed by atoms with E-state index in [4.69, 9.17) is 0 Å². The number of thioether (sulfide) groups is 1. The van der Waals surface area contributed by atoms with Crippen molar-refractivity contribution in [3.63, 3.8) is 0 Å². The molecule has 0 atom stereocenters. The van der Waals surface area contributed by atoms with Crippen LogP contribution in [-0.4, -0.2) is 11.7 Å². The summed E-state index contributed by atoms with van der Waals surface area (Å²) >= 11 is 1.63. The van der Waals surface area contributed by atoms with Crippen LogP contribution in [0, 0.1) is 0 Å². The summed E-state index contributed by atoms with van der Waals surface area (Å²) in [5, 5.41) is 2.97. The fourth-order valence-corrected chi connectivity index (χ4v) is 4.75. The van der Waals surface area contributed by atoms with Gasteiger partial charge in [0.1, 0.15) is 0 Å². The standard InChI is InChI=1S/C31H29NO2S/c1-31(2,3)25-18-16-23(17-19-25)29(33)24-12-9-13-26(20-24)32-30(34)27-14-7-8-15-28(27)35-21-22-10-5-4-6-11-22/h4-20H,21H2,1-3H3,(H,32,34). The molecule has 4 heteroatoms. The third kappa shape index (κ3) is 6.28. The minimum Gasteiger partial charge on any atom is -0.322 e. The molecule has 0 spiro atoms. The molecule has 35 heavy (non-hydrogen) atoms. The first-order valence-corrected chi connectivity index (χ1v) is 12.6. The van der Waals surface area contributed by atoms with E-state index in [0.717, 1.165) is 10.6 Å². The van der Waals surface area contributed by atoms with E-state index in [9.17, 15) is 9.59 Å². The molecule has 0 heterocycles. The van der Waals surface area contributed by atoms with Gasteiger partial charge in [-0.05, 0) is 40.8 Å². The van der Waals surface area contributed by atoms with Crippen LogP contribution in [-0.2, 0) is 11.2 Å². The second kappa shape index (κ2) is 10.7. The van der Waals surface area contributed by atoms with Crippen LogP contribution in [0.1, 0.15) is 58.2 Å². The van der Waals surface area contributed by atoms with Crippen molar-refractivity contribution >= 4 is 29.1 Å². The number of hydrogen-bond donors (Lipinski definition) is 1. The molecule has 4 aromatic carbocycles. The molecule has 0 radical (unpaired) electrons. The zero-order valence-electron chi connectivity index (χ0n) is 20.2. The number of ketones is 1. The maximum absolute atomic E-state index is 13.1. The second-order valence-corrected chi connectivity index (χ2v) is 10.5. The van der Waals surface area contributed by atoms with Gasteiger partial charge in [0.2, 0.25) is 0 Å². The number of hydrogen-bond acceptors (Lipinski definition) is 3. The van der Waals surface area contributed by atoms with Gasteiger partial charge in [-0.25, -0.2) is 0 Å². The van der Waals surface area contributed by atoms with Gasteiger partial charge in [0.15, 0.2) is 5.78 Å². The first-order chi connectivity index (χ1) is 16.8. The van der Waals surface area contributed by atoms with Crippen LogP contribution in [0.15, 0.2) is 108 Å². The van der Waals surface area contributed by atoms with Crippen molar-refractivity contribution in [1.29, 1.82) is 0 Å². The first-order valence-electron chi connectivity index (χ1n) is 11.6. The molecule has 0 unspecified atom stereocenters. The van der Waals surface area contributed by atoms with E-state index < -0.39 is 0 Å². The predicted molar refractivity (Wildman–Crippen MR) is 145 cm³/mol. The van der Waals surface area contributed by atoms with E-state index in [2.05, 4.69) is 38.2 Å². The van der Waals surface area contributed by atoms with E-state index in [1.807, 2.05) is 66.7 Å². The smallest absolute Gasteiger partial charge is 0.256 e. The Morgan fingerprint density at radius 2 is 1.43 bits per heavy atom. The van der Waals surface area contributed by atoms with Crippen molar-refractivity contribution in [3.05, 3.63) is 131 Å². The van der Waals surface area contributed by atoms with E-state index in [-0.39, 0.29) is 17.1 Å². The normalized spacial score (nSPS) is 11.2. The number of anilines is 1. The quantitative estimate of drug-likeness (QED) is 0.218. The minimum absolute atomic E-state index is 0.0292. The molecule has 0 aliphatic rings. The number of amides is 1. The van der Waals surface area contributed by atoms with Crippen molar-refractivity contribution in [2.45, 2.75) is 36.8 Å². The maximum atomic E-state index is 13.1. The van der Waals surface area contributed by atoms with Gasteiger partial charge in [-0.15, -0.1) is 11.8 Å². The number of benzene rings is 4. The first kappa shape index (κ1) is 24.5. The van der Waals surface area contributed by atoms with Crippen molar-refractivity contribution in [2.75, 3.05) is 5.32 Å². The summed E-state index contributed by atoms with van der Waals surface area (Å²) in [5.41, 5.74) is 4.79. The summed E-state index contributed by atoms with van der Waals surface area (Å²) in [7, 11) is 0.